The third kappa shape index (κ3) is 3.14. The van der Waals surface area contributed by atoms with Gasteiger partial charge in [0.15, 0.2) is 0 Å². The van der Waals surface area contributed by atoms with Gasteiger partial charge in [0.25, 0.3) is 5.91 Å². The molecule has 3 aromatic rings. The molecule has 29 heavy (non-hydrogen) atoms. The normalized spacial score (nSPS) is 16.8. The number of nitrogens with zero attached hydrogens (tertiary/aromatic N) is 4. The molecule has 5 rings (SSSR count). The highest BCUT2D eigenvalue weighted by molar-refractivity contribution is 5.96. The number of nitriles is 1. The standard InChI is InChI=1S/C21H18N4O4/c22-12-16-20(29-18(23-16)13-5-6-13)25-9-7-24(8-10-25)19(26)15-11-14-3-1-2-4-17(14)28-21(15)27/h1-4,11,13H,5-10H2. The molecule has 0 bridgehead atoms. The fourth-order valence-corrected chi connectivity index (χ4v) is 3.61. The quantitative estimate of drug-likeness (QED) is 0.633. The molecule has 1 aliphatic carbocycles. The lowest BCUT2D eigenvalue weighted by molar-refractivity contribution is 0.0741. The van der Waals surface area contributed by atoms with Crippen molar-refractivity contribution in [3.63, 3.8) is 0 Å². The van der Waals surface area contributed by atoms with Gasteiger partial charge >= 0.3 is 5.63 Å². The Bertz CT molecular complexity index is 1190. The Labute approximate surface area is 165 Å². The van der Waals surface area contributed by atoms with Crippen LogP contribution in [-0.4, -0.2) is 42.0 Å². The van der Waals surface area contributed by atoms with Crippen molar-refractivity contribution in [2.75, 3.05) is 31.1 Å². The number of hydrogen-bond donors (Lipinski definition) is 0. The van der Waals surface area contributed by atoms with Crippen molar-refractivity contribution in [3.8, 4) is 6.07 Å². The van der Waals surface area contributed by atoms with E-state index in [-0.39, 0.29) is 11.5 Å². The molecule has 0 spiro atoms. The van der Waals surface area contributed by atoms with Crippen LogP contribution in [-0.2, 0) is 0 Å². The lowest BCUT2D eigenvalue weighted by atomic mass is 10.1. The Kier molecular flexibility index (Phi) is 4.09. The summed E-state index contributed by atoms with van der Waals surface area (Å²) in [5.74, 6) is 1.09. The summed E-state index contributed by atoms with van der Waals surface area (Å²) in [5.41, 5.74) is 0.152. The molecule has 1 aliphatic heterocycles. The largest absolute Gasteiger partial charge is 0.423 e. The Morgan fingerprint density at radius 1 is 1.14 bits per heavy atom. The molecule has 1 aromatic carbocycles. The average molecular weight is 390 g/mol. The predicted molar refractivity (Wildman–Crippen MR) is 104 cm³/mol. The van der Waals surface area contributed by atoms with Gasteiger partial charge in [-0.25, -0.2) is 9.78 Å². The van der Waals surface area contributed by atoms with E-state index in [9.17, 15) is 14.9 Å². The van der Waals surface area contributed by atoms with Crippen molar-refractivity contribution in [3.05, 3.63) is 57.9 Å². The van der Waals surface area contributed by atoms with Gasteiger partial charge in [-0.05, 0) is 25.0 Å². The van der Waals surface area contributed by atoms with E-state index in [0.717, 1.165) is 12.8 Å². The summed E-state index contributed by atoms with van der Waals surface area (Å²) >= 11 is 0. The molecule has 0 radical (unpaired) electrons. The topological polar surface area (TPSA) is 104 Å². The number of carbonyl (C=O) groups is 1. The van der Waals surface area contributed by atoms with Crippen LogP contribution in [0.3, 0.4) is 0 Å². The minimum atomic E-state index is -0.632. The van der Waals surface area contributed by atoms with E-state index in [1.54, 1.807) is 29.2 Å². The maximum absolute atomic E-state index is 12.9. The molecule has 1 amide bonds. The molecule has 0 N–H and O–H groups in total. The number of piperazine rings is 1. The SMILES string of the molecule is N#Cc1nc(C2CC2)oc1N1CCN(C(=O)c2cc3ccccc3oc2=O)CC1. The minimum absolute atomic E-state index is 0.0329. The van der Waals surface area contributed by atoms with E-state index in [4.69, 9.17) is 8.83 Å². The number of fused-ring (bicyclic) bond motifs is 1. The molecule has 2 aliphatic rings. The Hall–Kier alpha value is -3.60. The van der Waals surface area contributed by atoms with Crippen molar-refractivity contribution in [2.45, 2.75) is 18.8 Å². The van der Waals surface area contributed by atoms with Crippen LogP contribution in [0.15, 0.2) is 44.0 Å². The maximum atomic E-state index is 12.9. The molecule has 1 saturated heterocycles. The maximum Gasteiger partial charge on any atom is 0.349 e. The second-order valence-electron chi connectivity index (χ2n) is 7.36. The zero-order chi connectivity index (χ0) is 20.0. The van der Waals surface area contributed by atoms with E-state index >= 15 is 0 Å². The summed E-state index contributed by atoms with van der Waals surface area (Å²) in [6, 6.07) is 10.8. The summed E-state index contributed by atoms with van der Waals surface area (Å²) in [6.45, 7) is 1.82. The number of rotatable bonds is 3. The Balaban J connectivity index is 1.33. The summed E-state index contributed by atoms with van der Waals surface area (Å²) in [5, 5.41) is 10.1. The van der Waals surface area contributed by atoms with E-state index in [1.807, 2.05) is 11.0 Å². The molecule has 3 heterocycles. The summed E-state index contributed by atoms with van der Waals surface area (Å²) in [6.07, 6.45) is 2.09. The highest BCUT2D eigenvalue weighted by atomic mass is 16.4. The van der Waals surface area contributed by atoms with E-state index in [2.05, 4.69) is 11.1 Å². The fourth-order valence-electron chi connectivity index (χ4n) is 3.61. The van der Waals surface area contributed by atoms with Crippen LogP contribution >= 0.6 is 0 Å². The first kappa shape index (κ1) is 17.5. The highest BCUT2D eigenvalue weighted by Crippen LogP contribution is 2.41. The molecule has 0 atom stereocenters. The zero-order valence-corrected chi connectivity index (χ0v) is 15.6. The third-order valence-electron chi connectivity index (χ3n) is 5.38. The number of oxazole rings is 1. The average Bonchev–Trinajstić information content (AvgIpc) is 3.51. The van der Waals surface area contributed by atoms with Crippen molar-refractivity contribution in [1.82, 2.24) is 9.88 Å². The van der Waals surface area contributed by atoms with E-state index in [0.29, 0.717) is 60.5 Å². The van der Waals surface area contributed by atoms with Crippen molar-refractivity contribution in [2.24, 2.45) is 0 Å². The first-order valence-corrected chi connectivity index (χ1v) is 9.62. The number of para-hydroxylation sites is 1. The zero-order valence-electron chi connectivity index (χ0n) is 15.6. The van der Waals surface area contributed by atoms with Gasteiger partial charge < -0.3 is 18.6 Å². The first-order chi connectivity index (χ1) is 14.1. The van der Waals surface area contributed by atoms with Crippen LogP contribution in [0.5, 0.6) is 0 Å². The first-order valence-electron chi connectivity index (χ1n) is 9.62. The molecule has 1 saturated carbocycles. The highest BCUT2D eigenvalue weighted by Gasteiger charge is 2.33. The molecule has 2 fully saturated rings. The molecule has 146 valence electrons. The predicted octanol–water partition coefficient (Wildman–Crippen LogP) is 2.49. The summed E-state index contributed by atoms with van der Waals surface area (Å²) in [4.78, 5) is 33.0. The lowest BCUT2D eigenvalue weighted by Crippen LogP contribution is -2.49. The van der Waals surface area contributed by atoms with Gasteiger partial charge in [-0.15, -0.1) is 0 Å². The number of hydrogen-bond acceptors (Lipinski definition) is 7. The molecular weight excluding hydrogens is 372 g/mol. The molecule has 8 heteroatoms. The van der Waals surface area contributed by atoms with Crippen LogP contribution in [0, 0.1) is 11.3 Å². The number of carbonyl (C=O) groups excluding carboxylic acids is 1. The molecule has 0 unspecified atom stereocenters. The molecule has 2 aromatic heterocycles. The van der Waals surface area contributed by atoms with Gasteiger partial charge in [-0.2, -0.15) is 5.26 Å². The summed E-state index contributed by atoms with van der Waals surface area (Å²) < 4.78 is 11.1. The van der Waals surface area contributed by atoms with Gasteiger partial charge in [0.05, 0.1) is 0 Å². The van der Waals surface area contributed by atoms with Crippen molar-refractivity contribution < 1.29 is 13.6 Å². The van der Waals surface area contributed by atoms with E-state index in [1.165, 1.54) is 0 Å². The van der Waals surface area contributed by atoms with Gasteiger partial charge in [-0.3, -0.25) is 4.79 Å². The van der Waals surface area contributed by atoms with Crippen LogP contribution in [0.4, 0.5) is 5.88 Å². The monoisotopic (exact) mass is 390 g/mol. The number of amides is 1. The number of aromatic nitrogens is 1. The number of anilines is 1. The van der Waals surface area contributed by atoms with Crippen molar-refractivity contribution >= 4 is 22.8 Å². The fraction of sp³-hybridized carbons (Fsp3) is 0.333. The van der Waals surface area contributed by atoms with Gasteiger partial charge in [0.1, 0.15) is 17.2 Å². The molecule has 8 nitrogen and oxygen atoms in total. The van der Waals surface area contributed by atoms with Gasteiger partial charge in [0, 0.05) is 37.5 Å². The summed E-state index contributed by atoms with van der Waals surface area (Å²) in [7, 11) is 0. The van der Waals surface area contributed by atoms with E-state index < -0.39 is 5.63 Å². The smallest absolute Gasteiger partial charge is 0.349 e. The molecular formula is C21H18N4O4. The van der Waals surface area contributed by atoms with Crippen LogP contribution in [0.1, 0.15) is 40.7 Å². The third-order valence-corrected chi connectivity index (χ3v) is 5.38. The minimum Gasteiger partial charge on any atom is -0.423 e. The Morgan fingerprint density at radius 2 is 1.90 bits per heavy atom. The van der Waals surface area contributed by atoms with Crippen molar-refractivity contribution in [1.29, 1.82) is 5.26 Å². The number of benzene rings is 1. The second-order valence-corrected chi connectivity index (χ2v) is 7.36. The van der Waals surface area contributed by atoms with Crippen LogP contribution in [0.25, 0.3) is 11.0 Å². The van der Waals surface area contributed by atoms with Crippen LogP contribution < -0.4 is 10.5 Å². The lowest BCUT2D eigenvalue weighted by Gasteiger charge is -2.34. The van der Waals surface area contributed by atoms with Gasteiger partial charge in [0.2, 0.25) is 17.5 Å². The van der Waals surface area contributed by atoms with Crippen LogP contribution in [0.2, 0.25) is 0 Å². The second kappa shape index (κ2) is 6.78. The van der Waals surface area contributed by atoms with Gasteiger partial charge in [-0.1, -0.05) is 18.2 Å². The Morgan fingerprint density at radius 3 is 2.62 bits per heavy atom.